The summed E-state index contributed by atoms with van der Waals surface area (Å²) in [6, 6.07) is 22.2. The van der Waals surface area contributed by atoms with E-state index in [4.69, 9.17) is 0 Å². The van der Waals surface area contributed by atoms with E-state index in [1.165, 1.54) is 48.9 Å². The molecule has 0 aliphatic carbocycles. The van der Waals surface area contributed by atoms with E-state index >= 15 is 0 Å². The van der Waals surface area contributed by atoms with Gasteiger partial charge in [-0.15, -0.1) is 0 Å². The second-order valence-corrected chi connectivity index (χ2v) is 7.18. The van der Waals surface area contributed by atoms with Crippen LogP contribution in [-0.4, -0.2) is 4.98 Å². The Balaban J connectivity index is 1.94. The second kappa shape index (κ2) is 4.59. The number of benzene rings is 4. The minimum absolute atomic E-state index is 1.11. The Labute approximate surface area is 142 Å². The minimum atomic E-state index is 1.11. The van der Waals surface area contributed by atoms with Crippen LogP contribution in [0, 0.1) is 6.92 Å². The molecule has 5 rings (SSSR count). The van der Waals surface area contributed by atoms with Crippen molar-refractivity contribution in [3.63, 3.8) is 0 Å². The first-order valence-electron chi connectivity index (χ1n) is 7.72. The summed E-state index contributed by atoms with van der Waals surface area (Å²) in [7, 11) is 0. The van der Waals surface area contributed by atoms with Crippen LogP contribution in [0.3, 0.4) is 0 Å². The van der Waals surface area contributed by atoms with Crippen molar-refractivity contribution in [1.29, 1.82) is 0 Å². The third-order valence-electron chi connectivity index (χ3n) is 4.63. The Bertz CT molecular complexity index is 1230. The zero-order valence-corrected chi connectivity index (χ0v) is 14.2. The Hall–Kier alpha value is -2.32. The number of hydrogen-bond donors (Lipinski definition) is 1. The minimum Gasteiger partial charge on any atom is -0.354 e. The molecule has 0 saturated heterocycles. The van der Waals surface area contributed by atoms with Crippen molar-refractivity contribution in [2.45, 2.75) is 6.92 Å². The van der Waals surface area contributed by atoms with Gasteiger partial charge in [-0.3, -0.25) is 0 Å². The highest BCUT2D eigenvalue weighted by molar-refractivity contribution is 9.10. The summed E-state index contributed by atoms with van der Waals surface area (Å²) >= 11 is 3.56. The number of H-pyrrole nitrogens is 1. The van der Waals surface area contributed by atoms with Gasteiger partial charge in [0.05, 0.1) is 0 Å². The Morgan fingerprint density at radius 3 is 2.09 bits per heavy atom. The fourth-order valence-corrected chi connectivity index (χ4v) is 3.86. The van der Waals surface area contributed by atoms with E-state index in [2.05, 4.69) is 88.5 Å². The molecule has 0 saturated carbocycles. The van der Waals surface area contributed by atoms with Gasteiger partial charge in [-0.25, -0.2) is 0 Å². The standard InChI is InChI=1S/C21H14BrN/c1-12-2-3-14-10-20-19(9-15(14)6-12)18-8-13-4-5-17(22)7-16(13)11-21(18)23-20/h2-11,23H,1H3. The van der Waals surface area contributed by atoms with Gasteiger partial charge in [-0.1, -0.05) is 45.8 Å². The third kappa shape index (κ3) is 1.98. The zero-order valence-electron chi connectivity index (χ0n) is 12.7. The summed E-state index contributed by atoms with van der Waals surface area (Å²) in [4.78, 5) is 3.58. The van der Waals surface area contributed by atoms with Gasteiger partial charge in [-0.2, -0.15) is 0 Å². The summed E-state index contributed by atoms with van der Waals surface area (Å²) in [5, 5.41) is 7.68. The van der Waals surface area contributed by atoms with Crippen molar-refractivity contribution in [3.05, 3.63) is 70.7 Å². The van der Waals surface area contributed by atoms with Crippen LogP contribution < -0.4 is 0 Å². The van der Waals surface area contributed by atoms with Crippen molar-refractivity contribution in [1.82, 2.24) is 4.98 Å². The van der Waals surface area contributed by atoms with Crippen molar-refractivity contribution < 1.29 is 0 Å². The van der Waals surface area contributed by atoms with Crippen molar-refractivity contribution >= 4 is 59.3 Å². The van der Waals surface area contributed by atoms with Crippen LogP contribution in [0.2, 0.25) is 0 Å². The number of halogens is 1. The second-order valence-electron chi connectivity index (χ2n) is 6.26. The SMILES string of the molecule is Cc1ccc2cc3[nH]c4cc5cc(Br)ccc5cc4c3cc2c1. The smallest absolute Gasteiger partial charge is 0.0471 e. The summed E-state index contributed by atoms with van der Waals surface area (Å²) in [5.74, 6) is 0. The maximum Gasteiger partial charge on any atom is 0.0471 e. The highest BCUT2D eigenvalue weighted by Crippen LogP contribution is 2.33. The molecule has 0 atom stereocenters. The Kier molecular flexibility index (Phi) is 2.62. The molecule has 4 aromatic carbocycles. The Morgan fingerprint density at radius 2 is 1.26 bits per heavy atom. The van der Waals surface area contributed by atoms with Crippen LogP contribution in [0.5, 0.6) is 0 Å². The first-order valence-corrected chi connectivity index (χ1v) is 8.52. The summed E-state index contributed by atoms with van der Waals surface area (Å²) < 4.78 is 1.11. The van der Waals surface area contributed by atoms with Gasteiger partial charge < -0.3 is 4.98 Å². The third-order valence-corrected chi connectivity index (χ3v) is 5.12. The predicted molar refractivity (Wildman–Crippen MR) is 103 cm³/mol. The average Bonchev–Trinajstić information content (AvgIpc) is 2.87. The molecule has 0 spiro atoms. The van der Waals surface area contributed by atoms with Crippen molar-refractivity contribution in [2.24, 2.45) is 0 Å². The van der Waals surface area contributed by atoms with Crippen LogP contribution in [-0.2, 0) is 0 Å². The van der Waals surface area contributed by atoms with Gasteiger partial charge in [0, 0.05) is 26.3 Å². The first kappa shape index (κ1) is 13.1. The van der Waals surface area contributed by atoms with Crippen LogP contribution >= 0.6 is 15.9 Å². The van der Waals surface area contributed by atoms with Gasteiger partial charge in [0.15, 0.2) is 0 Å². The normalized spacial score (nSPS) is 11.9. The highest BCUT2D eigenvalue weighted by Gasteiger charge is 2.08. The number of rotatable bonds is 0. The maximum absolute atomic E-state index is 3.58. The molecule has 0 unspecified atom stereocenters. The van der Waals surface area contributed by atoms with E-state index in [0.717, 1.165) is 4.47 Å². The number of hydrogen-bond acceptors (Lipinski definition) is 0. The lowest BCUT2D eigenvalue weighted by molar-refractivity contribution is 1.51. The molecule has 0 aliphatic rings. The molecule has 0 bridgehead atoms. The molecule has 5 aromatic rings. The fraction of sp³-hybridized carbons (Fsp3) is 0.0476. The fourth-order valence-electron chi connectivity index (χ4n) is 3.48. The van der Waals surface area contributed by atoms with Gasteiger partial charge in [0.25, 0.3) is 0 Å². The number of nitrogens with one attached hydrogen (secondary N) is 1. The topological polar surface area (TPSA) is 15.8 Å². The number of aryl methyl sites for hydroxylation is 1. The quantitative estimate of drug-likeness (QED) is 0.316. The van der Waals surface area contributed by atoms with Crippen molar-refractivity contribution in [3.8, 4) is 0 Å². The molecule has 1 nitrogen and oxygen atoms in total. The average molecular weight is 360 g/mol. The summed E-state index contributed by atoms with van der Waals surface area (Å²) in [6.45, 7) is 2.14. The van der Waals surface area contributed by atoms with Crippen LogP contribution in [0.1, 0.15) is 5.56 Å². The zero-order chi connectivity index (χ0) is 15.6. The van der Waals surface area contributed by atoms with E-state index in [0.29, 0.717) is 0 Å². The maximum atomic E-state index is 3.58. The predicted octanol–water partition coefficient (Wildman–Crippen LogP) is 6.70. The molecular weight excluding hydrogens is 346 g/mol. The van der Waals surface area contributed by atoms with E-state index in [9.17, 15) is 0 Å². The van der Waals surface area contributed by atoms with Crippen LogP contribution in [0.25, 0.3) is 43.4 Å². The van der Waals surface area contributed by atoms with E-state index in [-0.39, 0.29) is 0 Å². The number of aromatic nitrogens is 1. The van der Waals surface area contributed by atoms with Crippen LogP contribution in [0.15, 0.2) is 65.1 Å². The molecular formula is C21H14BrN. The van der Waals surface area contributed by atoms with Crippen LogP contribution in [0.4, 0.5) is 0 Å². The summed E-state index contributed by atoms with van der Waals surface area (Å²) in [5.41, 5.74) is 3.69. The lowest BCUT2D eigenvalue weighted by atomic mass is 10.0. The van der Waals surface area contributed by atoms with E-state index in [1.807, 2.05) is 0 Å². The number of aromatic amines is 1. The van der Waals surface area contributed by atoms with Gasteiger partial charge in [0.1, 0.15) is 0 Å². The molecule has 1 N–H and O–H groups in total. The molecule has 2 heteroatoms. The molecule has 110 valence electrons. The summed E-state index contributed by atoms with van der Waals surface area (Å²) in [6.07, 6.45) is 0. The highest BCUT2D eigenvalue weighted by atomic mass is 79.9. The molecule has 0 amide bonds. The molecule has 1 aromatic heterocycles. The molecule has 0 aliphatic heterocycles. The molecule has 0 fully saturated rings. The number of fused-ring (bicyclic) bond motifs is 5. The first-order chi connectivity index (χ1) is 11.2. The van der Waals surface area contributed by atoms with E-state index < -0.39 is 0 Å². The largest absolute Gasteiger partial charge is 0.354 e. The van der Waals surface area contributed by atoms with Crippen molar-refractivity contribution in [2.75, 3.05) is 0 Å². The molecule has 23 heavy (non-hydrogen) atoms. The molecule has 1 heterocycles. The van der Waals surface area contributed by atoms with Gasteiger partial charge >= 0.3 is 0 Å². The van der Waals surface area contributed by atoms with Gasteiger partial charge in [0.2, 0.25) is 0 Å². The molecule has 0 radical (unpaired) electrons. The monoisotopic (exact) mass is 359 g/mol. The lowest BCUT2D eigenvalue weighted by Crippen LogP contribution is -1.76. The van der Waals surface area contributed by atoms with E-state index in [1.54, 1.807) is 0 Å². The Morgan fingerprint density at radius 1 is 0.652 bits per heavy atom. The van der Waals surface area contributed by atoms with Gasteiger partial charge in [-0.05, 0) is 64.9 Å². The lowest BCUT2D eigenvalue weighted by Gasteiger charge is -2.01.